The Balaban J connectivity index is 5.18. The van der Waals surface area contributed by atoms with E-state index in [1.165, 1.54) is 0 Å². The third-order valence-electron chi connectivity index (χ3n) is 2.91. The molecule has 0 aromatic rings. The highest BCUT2D eigenvalue weighted by atomic mass is 16.5. The molecule has 3 unspecified atom stereocenters. The number of carbonyl (C=O) groups excluding carboxylic acids is 2. The predicted octanol–water partition coefficient (Wildman–Crippen LogP) is -3.60. The fourth-order valence-corrected chi connectivity index (χ4v) is 1.88. The molecule has 0 aliphatic carbocycles. The van der Waals surface area contributed by atoms with Crippen LogP contribution in [-0.2, 0) is 23.9 Å². The van der Waals surface area contributed by atoms with Crippen LogP contribution >= 0.6 is 0 Å². The van der Waals surface area contributed by atoms with Crippen LogP contribution in [0.1, 0.15) is 12.8 Å². The van der Waals surface area contributed by atoms with Crippen molar-refractivity contribution in [1.29, 1.82) is 0 Å². The Kier molecular flexibility index (Phi) is 7.29. The van der Waals surface area contributed by atoms with Crippen LogP contribution in [0.15, 0.2) is 0 Å². The number of hydrogen-bond acceptors (Lipinski definition) is 8. The van der Waals surface area contributed by atoms with Gasteiger partial charge in [-0.25, -0.2) is 4.79 Å². The van der Waals surface area contributed by atoms with E-state index in [4.69, 9.17) is 14.9 Å². The van der Waals surface area contributed by atoms with Crippen molar-refractivity contribution in [1.82, 2.24) is 0 Å². The summed E-state index contributed by atoms with van der Waals surface area (Å²) in [5, 5.41) is 47.3. The molecular weight excluding hydrogens is 330 g/mol. The van der Waals surface area contributed by atoms with E-state index in [2.05, 4.69) is 0 Å². The Labute approximate surface area is 137 Å². The van der Waals surface area contributed by atoms with Crippen molar-refractivity contribution in [2.75, 3.05) is 27.7 Å². The molecule has 24 heavy (non-hydrogen) atoms. The molecule has 0 aromatic heterocycles. The maximum Gasteiger partial charge on any atom is 0.336 e. The normalized spacial score (nSPS) is 16.5. The Morgan fingerprint density at radius 1 is 1.17 bits per heavy atom. The van der Waals surface area contributed by atoms with Crippen molar-refractivity contribution in [3.8, 4) is 0 Å². The second kappa shape index (κ2) is 8.04. The highest BCUT2D eigenvalue weighted by Crippen LogP contribution is 2.18. The number of aliphatic hydroxyl groups excluding tert-OH is 1. The van der Waals surface area contributed by atoms with Gasteiger partial charge in [0.1, 0.15) is 6.54 Å². The van der Waals surface area contributed by atoms with E-state index < -0.39 is 54.5 Å². The van der Waals surface area contributed by atoms with E-state index in [0.717, 1.165) is 0 Å². The molecule has 0 fully saturated rings. The number of hydrogen-bond donors (Lipinski definition) is 4. The molecule has 0 amide bonds. The molecule has 0 saturated carbocycles. The molecule has 4 N–H and O–H groups in total. The van der Waals surface area contributed by atoms with E-state index in [9.17, 15) is 34.5 Å². The first-order chi connectivity index (χ1) is 10.7. The number of aliphatic hydroxyl groups is 2. The molecule has 0 aromatic carbocycles. The molecule has 0 aliphatic heterocycles. The topological polar surface area (TPSA) is 181 Å². The maximum atomic E-state index is 11.8. The summed E-state index contributed by atoms with van der Waals surface area (Å²) in [7, 11) is 5.07. The third kappa shape index (κ3) is 6.89. The van der Waals surface area contributed by atoms with Gasteiger partial charge >= 0.3 is 17.9 Å². The van der Waals surface area contributed by atoms with Gasteiger partial charge in [-0.1, -0.05) is 0 Å². The van der Waals surface area contributed by atoms with Gasteiger partial charge in [0.25, 0.3) is 0 Å². The van der Waals surface area contributed by atoms with Gasteiger partial charge in [-0.3, -0.25) is 9.59 Å². The lowest BCUT2D eigenvalue weighted by Crippen LogP contribution is -2.60. The van der Waals surface area contributed by atoms with Crippen LogP contribution in [0, 0.1) is 0 Å². The molecule has 0 bridgehead atoms. The summed E-state index contributed by atoms with van der Waals surface area (Å²) in [5.41, 5.74) is -3.41. The lowest BCUT2D eigenvalue weighted by Gasteiger charge is -2.32. The number of likely N-dealkylation sites (N-methyl/N-ethyl adjacent to an activating group) is 1. The van der Waals surface area contributed by atoms with E-state index in [1.807, 2.05) is 0 Å². The van der Waals surface area contributed by atoms with Crippen molar-refractivity contribution in [3.05, 3.63) is 0 Å². The molecule has 138 valence electrons. The first-order valence-corrected chi connectivity index (χ1v) is 6.75. The van der Waals surface area contributed by atoms with Crippen LogP contribution < -0.4 is 5.11 Å². The van der Waals surface area contributed by atoms with Crippen molar-refractivity contribution in [3.63, 3.8) is 0 Å². The highest BCUT2D eigenvalue weighted by molar-refractivity contribution is 5.90. The molecule has 11 nitrogen and oxygen atoms in total. The number of aliphatic carboxylic acids is 3. The van der Waals surface area contributed by atoms with Gasteiger partial charge in [0.15, 0.2) is 17.8 Å². The van der Waals surface area contributed by atoms with Gasteiger partial charge < -0.3 is 39.5 Å². The summed E-state index contributed by atoms with van der Waals surface area (Å²) in [4.78, 5) is 44.1. The minimum absolute atomic E-state index is 0.0588. The first-order valence-electron chi connectivity index (χ1n) is 6.75. The third-order valence-corrected chi connectivity index (χ3v) is 2.91. The smallest absolute Gasteiger partial charge is 0.336 e. The van der Waals surface area contributed by atoms with Gasteiger partial charge in [0.05, 0.1) is 40.0 Å². The maximum absolute atomic E-state index is 11.8. The molecule has 0 rings (SSSR count). The number of carboxylic acids is 3. The first kappa shape index (κ1) is 21.8. The SMILES string of the molecule is C[N+](C)(C)CC(CC(=O)O)OC(=O)CC(O)(C(=O)[O-])C(O)C(=O)O. The average Bonchev–Trinajstić information content (AvgIpc) is 2.33. The lowest BCUT2D eigenvalue weighted by molar-refractivity contribution is -0.873. The Morgan fingerprint density at radius 2 is 1.67 bits per heavy atom. The molecule has 3 atom stereocenters. The van der Waals surface area contributed by atoms with Gasteiger partial charge in [0.2, 0.25) is 0 Å². The van der Waals surface area contributed by atoms with Crippen molar-refractivity contribution >= 4 is 23.9 Å². The number of carbonyl (C=O) groups is 4. The Bertz CT molecular complexity index is 511. The number of carboxylic acid groups (broad SMARTS) is 3. The molecular formula is C13H21NO10. The number of rotatable bonds is 10. The zero-order valence-corrected chi connectivity index (χ0v) is 13.5. The lowest BCUT2D eigenvalue weighted by atomic mass is 9.93. The standard InChI is InChI=1S/C13H21NO10/c1-14(2,3)6-7(4-8(15)16)24-9(17)5-13(23,12(21)22)10(18)11(19)20/h7,10,18,23H,4-6H2,1-3H3,(H2-,15,16,19,20,21,22). The number of nitrogens with zero attached hydrogens (tertiary/aromatic N) is 1. The van der Waals surface area contributed by atoms with Crippen LogP contribution in [0.5, 0.6) is 0 Å². The van der Waals surface area contributed by atoms with Gasteiger partial charge in [-0.2, -0.15) is 0 Å². The van der Waals surface area contributed by atoms with Gasteiger partial charge in [-0.15, -0.1) is 0 Å². The molecule has 11 heteroatoms. The molecule has 0 aliphatic rings. The van der Waals surface area contributed by atoms with Crippen LogP contribution in [0.25, 0.3) is 0 Å². The fourth-order valence-electron chi connectivity index (χ4n) is 1.88. The Morgan fingerprint density at radius 3 is 2.00 bits per heavy atom. The number of esters is 1. The van der Waals surface area contributed by atoms with Crippen molar-refractivity contribution in [2.24, 2.45) is 0 Å². The zero-order valence-electron chi connectivity index (χ0n) is 13.5. The van der Waals surface area contributed by atoms with Gasteiger partial charge in [-0.05, 0) is 0 Å². The van der Waals surface area contributed by atoms with E-state index in [1.54, 1.807) is 21.1 Å². The molecule has 0 heterocycles. The summed E-state index contributed by atoms with van der Waals surface area (Å²) in [6.07, 6.45) is -5.97. The van der Waals surface area contributed by atoms with Crippen LogP contribution in [0.3, 0.4) is 0 Å². The minimum atomic E-state index is -3.41. The van der Waals surface area contributed by atoms with Crippen LogP contribution in [0.4, 0.5) is 0 Å². The monoisotopic (exact) mass is 351 g/mol. The second-order valence-electron chi connectivity index (χ2n) is 6.31. The molecule has 0 radical (unpaired) electrons. The highest BCUT2D eigenvalue weighted by Gasteiger charge is 2.45. The quantitative estimate of drug-likeness (QED) is 0.227. The predicted molar refractivity (Wildman–Crippen MR) is 73.2 cm³/mol. The zero-order chi connectivity index (χ0) is 19.3. The summed E-state index contributed by atoms with van der Waals surface area (Å²) < 4.78 is 5.04. The number of ether oxygens (including phenoxy) is 1. The van der Waals surface area contributed by atoms with Crippen molar-refractivity contribution in [2.45, 2.75) is 30.7 Å². The minimum Gasteiger partial charge on any atom is -0.547 e. The van der Waals surface area contributed by atoms with Crippen molar-refractivity contribution < 1.29 is 53.9 Å². The summed E-state index contributed by atoms with van der Waals surface area (Å²) in [6.45, 7) is 0.0588. The second-order valence-corrected chi connectivity index (χ2v) is 6.31. The summed E-state index contributed by atoms with van der Waals surface area (Å²) >= 11 is 0. The molecule has 0 spiro atoms. The summed E-state index contributed by atoms with van der Waals surface area (Å²) in [6, 6.07) is 0. The average molecular weight is 351 g/mol. The van der Waals surface area contributed by atoms with Crippen LogP contribution in [-0.4, -0.2) is 94.3 Å². The molecule has 0 saturated heterocycles. The fraction of sp³-hybridized carbons (Fsp3) is 0.692. The van der Waals surface area contributed by atoms with E-state index in [0.29, 0.717) is 0 Å². The summed E-state index contributed by atoms with van der Waals surface area (Å²) in [5.74, 6) is -7.12. The number of quaternary nitrogens is 1. The largest absolute Gasteiger partial charge is 0.547 e. The van der Waals surface area contributed by atoms with E-state index >= 15 is 0 Å². The van der Waals surface area contributed by atoms with Gasteiger partial charge in [0, 0.05) is 0 Å². The van der Waals surface area contributed by atoms with Crippen LogP contribution in [0.2, 0.25) is 0 Å². The Hall–Kier alpha value is -2.24. The van der Waals surface area contributed by atoms with E-state index in [-0.39, 0.29) is 11.0 Å².